The second-order valence-electron chi connectivity index (χ2n) is 8.34. The van der Waals surface area contributed by atoms with E-state index in [1.54, 1.807) is 6.07 Å². The summed E-state index contributed by atoms with van der Waals surface area (Å²) >= 11 is 0. The third-order valence-electron chi connectivity index (χ3n) is 5.82. The van der Waals surface area contributed by atoms with E-state index in [9.17, 15) is 27.6 Å². The van der Waals surface area contributed by atoms with Crippen LogP contribution < -0.4 is 19.8 Å². The topological polar surface area (TPSA) is 100.0 Å². The van der Waals surface area contributed by atoms with Crippen LogP contribution in [0, 0.1) is 0 Å². The molecule has 2 heterocycles. The lowest BCUT2D eigenvalue weighted by Crippen LogP contribution is -2.29. The quantitative estimate of drug-likeness (QED) is 0.279. The van der Waals surface area contributed by atoms with Crippen molar-refractivity contribution in [2.75, 3.05) is 34.9 Å². The van der Waals surface area contributed by atoms with E-state index in [0.29, 0.717) is 18.5 Å². The van der Waals surface area contributed by atoms with Gasteiger partial charge in [0.15, 0.2) is 17.3 Å². The summed E-state index contributed by atoms with van der Waals surface area (Å²) in [5.74, 6) is -4.34. The fourth-order valence-electron chi connectivity index (χ4n) is 4.30. The van der Waals surface area contributed by atoms with Gasteiger partial charge >= 0.3 is 12.1 Å². The van der Waals surface area contributed by atoms with Gasteiger partial charge in [-0.3, -0.25) is 14.6 Å². The van der Waals surface area contributed by atoms with Crippen molar-refractivity contribution in [2.24, 2.45) is 0 Å². The molecule has 0 fully saturated rings. The highest BCUT2D eigenvalue weighted by Crippen LogP contribution is 2.49. The predicted octanol–water partition coefficient (Wildman–Crippen LogP) is 3.04. The Balaban J connectivity index is 2.13. The van der Waals surface area contributed by atoms with Gasteiger partial charge in [0, 0.05) is 29.9 Å². The van der Waals surface area contributed by atoms with E-state index in [0.717, 1.165) is 7.11 Å². The summed E-state index contributed by atoms with van der Waals surface area (Å²) in [6.07, 6.45) is -2.04. The Hall–Kier alpha value is -3.93. The minimum absolute atomic E-state index is 0.0802. The Morgan fingerprint density at radius 1 is 1.11 bits per heavy atom. The molecule has 4 rings (SSSR count). The number of pyridine rings is 2. The van der Waals surface area contributed by atoms with Gasteiger partial charge in [-0.05, 0) is 39.2 Å². The first-order valence-electron chi connectivity index (χ1n) is 10.8. The number of hydrogen-bond acceptors (Lipinski definition) is 8. The van der Waals surface area contributed by atoms with Crippen molar-refractivity contribution in [3.05, 3.63) is 46.0 Å². The fraction of sp³-hybridized carbons (Fsp3) is 0.333. The molecule has 0 bridgehead atoms. The first-order chi connectivity index (χ1) is 17.0. The van der Waals surface area contributed by atoms with Gasteiger partial charge in [0.25, 0.3) is 5.56 Å². The summed E-state index contributed by atoms with van der Waals surface area (Å²) in [7, 11) is 6.10. The molecule has 0 saturated carbocycles. The normalized spacial score (nSPS) is 12.6. The number of aromatic nitrogens is 2. The summed E-state index contributed by atoms with van der Waals surface area (Å²) in [6.45, 7) is 0.854. The number of benzene rings is 1. The lowest BCUT2D eigenvalue weighted by atomic mass is 10.0. The zero-order valence-electron chi connectivity index (χ0n) is 19.9. The summed E-state index contributed by atoms with van der Waals surface area (Å²) < 4.78 is 56.1. The molecule has 0 unspecified atom stereocenters. The molecule has 0 saturated heterocycles. The molecule has 0 radical (unpaired) electrons. The molecule has 0 atom stereocenters. The predicted molar refractivity (Wildman–Crippen MR) is 123 cm³/mol. The van der Waals surface area contributed by atoms with E-state index in [2.05, 4.69) is 4.98 Å². The Labute approximate surface area is 203 Å². The van der Waals surface area contributed by atoms with Gasteiger partial charge in [0.05, 0.1) is 36.4 Å². The highest BCUT2D eigenvalue weighted by atomic mass is 19.4. The Bertz CT molecular complexity index is 1450. The van der Waals surface area contributed by atoms with E-state index < -0.39 is 29.2 Å². The number of halogens is 3. The average Bonchev–Trinajstić information content (AvgIpc) is 3.12. The van der Waals surface area contributed by atoms with Crippen LogP contribution in [0.3, 0.4) is 0 Å². The minimum atomic E-state index is -5.35. The number of carbonyl (C=O) groups excluding carboxylic acids is 2. The van der Waals surface area contributed by atoms with Crippen LogP contribution in [-0.4, -0.2) is 67.2 Å². The van der Waals surface area contributed by atoms with Gasteiger partial charge < -0.3 is 23.7 Å². The molecule has 0 amide bonds. The number of fused-ring (bicyclic) bond motifs is 5. The third kappa shape index (κ3) is 4.06. The molecule has 9 nitrogen and oxygen atoms in total. The average molecular weight is 505 g/mol. The zero-order chi connectivity index (χ0) is 26.4. The SMILES string of the molecule is COc1cc2c(=O)n(CCCN(C)C)c3c(c2c(OC(=O)C(F)(F)F)c1OC)C(=O)c1cnccc1-3. The van der Waals surface area contributed by atoms with Crippen molar-refractivity contribution < 1.29 is 37.0 Å². The largest absolute Gasteiger partial charge is 0.493 e. The molecule has 0 spiro atoms. The van der Waals surface area contributed by atoms with Gasteiger partial charge in [-0.1, -0.05) is 0 Å². The molecular formula is C24H22F3N3O6. The zero-order valence-corrected chi connectivity index (χ0v) is 19.9. The van der Waals surface area contributed by atoms with Gasteiger partial charge in [-0.25, -0.2) is 4.79 Å². The van der Waals surface area contributed by atoms with Crippen LogP contribution in [0.5, 0.6) is 17.2 Å². The molecule has 1 aliphatic rings. The van der Waals surface area contributed by atoms with Crippen LogP contribution in [0.15, 0.2) is 29.3 Å². The molecule has 3 aromatic rings. The number of carbonyl (C=O) groups is 2. The van der Waals surface area contributed by atoms with E-state index in [4.69, 9.17) is 14.2 Å². The molecule has 1 aliphatic carbocycles. The van der Waals surface area contributed by atoms with Crippen molar-refractivity contribution >= 4 is 22.5 Å². The first-order valence-corrected chi connectivity index (χ1v) is 10.8. The Morgan fingerprint density at radius 3 is 2.44 bits per heavy atom. The summed E-state index contributed by atoms with van der Waals surface area (Å²) in [5.41, 5.74) is 0.110. The van der Waals surface area contributed by atoms with Crippen LogP contribution in [0.2, 0.25) is 0 Å². The van der Waals surface area contributed by atoms with E-state index in [1.807, 2.05) is 19.0 Å². The van der Waals surface area contributed by atoms with Crippen molar-refractivity contribution in [1.29, 1.82) is 0 Å². The van der Waals surface area contributed by atoms with Crippen molar-refractivity contribution in [3.63, 3.8) is 0 Å². The summed E-state index contributed by atoms with van der Waals surface area (Å²) in [5, 5.41) is -0.425. The molecule has 2 aromatic heterocycles. The number of ether oxygens (including phenoxy) is 3. The Morgan fingerprint density at radius 2 is 1.83 bits per heavy atom. The van der Waals surface area contributed by atoms with Crippen LogP contribution in [-0.2, 0) is 11.3 Å². The number of rotatable bonds is 7. The molecule has 190 valence electrons. The number of methoxy groups -OCH3 is 2. The standard InChI is InChI=1S/C24H22F3N3O6/c1-29(2)8-5-9-30-18-12-6-7-28-11-14(12)19(31)17(18)16-13(22(30)32)10-15(34-3)20(35-4)21(16)36-23(33)24(25,26)27/h6-7,10-11H,5,8-9H2,1-4H3. The molecule has 0 aliphatic heterocycles. The van der Waals surface area contributed by atoms with E-state index >= 15 is 0 Å². The highest BCUT2D eigenvalue weighted by molar-refractivity contribution is 6.27. The van der Waals surface area contributed by atoms with E-state index in [-0.39, 0.29) is 45.6 Å². The molecule has 12 heteroatoms. The van der Waals surface area contributed by atoms with Crippen molar-refractivity contribution in [2.45, 2.75) is 19.1 Å². The van der Waals surface area contributed by atoms with Gasteiger partial charge in [-0.15, -0.1) is 0 Å². The lowest BCUT2D eigenvalue weighted by Gasteiger charge is -2.20. The van der Waals surface area contributed by atoms with Gasteiger partial charge in [-0.2, -0.15) is 13.2 Å². The lowest BCUT2D eigenvalue weighted by molar-refractivity contribution is -0.189. The number of esters is 1. The second kappa shape index (κ2) is 9.26. The second-order valence-corrected chi connectivity index (χ2v) is 8.34. The maximum atomic E-state index is 13.7. The smallest absolute Gasteiger partial charge is 0.491 e. The van der Waals surface area contributed by atoms with Crippen molar-refractivity contribution in [1.82, 2.24) is 14.5 Å². The fourth-order valence-corrected chi connectivity index (χ4v) is 4.30. The highest BCUT2D eigenvalue weighted by Gasteiger charge is 2.43. The van der Waals surface area contributed by atoms with Crippen molar-refractivity contribution in [3.8, 4) is 28.5 Å². The first kappa shape index (κ1) is 25.2. The van der Waals surface area contributed by atoms with Crippen LogP contribution in [0.25, 0.3) is 22.0 Å². The monoisotopic (exact) mass is 505 g/mol. The van der Waals surface area contributed by atoms with Crippen LogP contribution in [0.4, 0.5) is 13.2 Å². The maximum Gasteiger partial charge on any atom is 0.491 e. The molecular weight excluding hydrogens is 483 g/mol. The third-order valence-corrected chi connectivity index (χ3v) is 5.82. The van der Waals surface area contributed by atoms with Gasteiger partial charge in [0.1, 0.15) is 0 Å². The number of ketones is 1. The molecule has 1 aromatic carbocycles. The van der Waals surface area contributed by atoms with Crippen LogP contribution in [0.1, 0.15) is 22.3 Å². The van der Waals surface area contributed by atoms with E-state index in [1.165, 1.54) is 30.1 Å². The maximum absolute atomic E-state index is 13.7. The van der Waals surface area contributed by atoms with Crippen LogP contribution >= 0.6 is 0 Å². The number of nitrogens with zero attached hydrogens (tertiary/aromatic N) is 3. The minimum Gasteiger partial charge on any atom is -0.493 e. The molecule has 36 heavy (non-hydrogen) atoms. The Kier molecular flexibility index (Phi) is 6.48. The molecule has 0 N–H and O–H groups in total. The summed E-state index contributed by atoms with van der Waals surface area (Å²) in [6, 6.07) is 2.81. The van der Waals surface area contributed by atoms with Gasteiger partial charge in [0.2, 0.25) is 5.75 Å². The summed E-state index contributed by atoms with van der Waals surface area (Å²) in [4.78, 5) is 45.1. The number of alkyl halides is 3. The number of hydrogen-bond donors (Lipinski definition) is 0.